The number of rotatable bonds is 5. The van der Waals surface area contributed by atoms with Gasteiger partial charge in [0.15, 0.2) is 0 Å². The highest BCUT2D eigenvalue weighted by molar-refractivity contribution is 6.01. The summed E-state index contributed by atoms with van der Waals surface area (Å²) in [7, 11) is 0. The number of hydrogen-bond donors (Lipinski definition) is 1. The largest absolute Gasteiger partial charge is 0.411 e. The van der Waals surface area contributed by atoms with Crippen molar-refractivity contribution < 1.29 is 5.21 Å². The van der Waals surface area contributed by atoms with Crippen molar-refractivity contribution in [1.29, 1.82) is 0 Å². The Kier molecular flexibility index (Phi) is 5.43. The van der Waals surface area contributed by atoms with E-state index >= 15 is 0 Å². The maximum absolute atomic E-state index is 9.38. The molecule has 5 nitrogen and oxygen atoms in total. The van der Waals surface area contributed by atoms with Crippen LogP contribution < -0.4 is 4.90 Å². The Hall–Kier alpha value is -2.40. The molecule has 0 bridgehead atoms. The molecule has 2 aromatic rings. The number of benzene rings is 1. The maximum Gasteiger partial charge on any atom is 0.128 e. The molecule has 1 aromatic heterocycles. The van der Waals surface area contributed by atoms with Crippen molar-refractivity contribution in [3.63, 3.8) is 0 Å². The van der Waals surface area contributed by atoms with Crippen molar-refractivity contribution in [2.24, 2.45) is 5.16 Å². The quantitative estimate of drug-likeness (QED) is 0.522. The second kappa shape index (κ2) is 7.93. The smallest absolute Gasteiger partial charge is 0.128 e. The Balaban J connectivity index is 1.52. The lowest BCUT2D eigenvalue weighted by Gasteiger charge is -2.35. The molecule has 1 N–H and O–H groups in total. The zero-order chi connectivity index (χ0) is 16.8. The fourth-order valence-corrected chi connectivity index (χ4v) is 3.14. The molecule has 1 aliphatic heterocycles. The van der Waals surface area contributed by atoms with E-state index in [2.05, 4.69) is 26.0 Å². The first-order valence-corrected chi connectivity index (χ1v) is 8.43. The molecular weight excluding hydrogens is 300 g/mol. The molecule has 0 atom stereocenters. The third-order valence-corrected chi connectivity index (χ3v) is 4.59. The molecule has 0 spiro atoms. The van der Waals surface area contributed by atoms with E-state index in [1.54, 1.807) is 0 Å². The van der Waals surface area contributed by atoms with Gasteiger partial charge in [0.2, 0.25) is 0 Å². The Bertz CT molecular complexity index is 679. The van der Waals surface area contributed by atoms with Crippen LogP contribution in [0.15, 0.2) is 53.8 Å². The van der Waals surface area contributed by atoms with Gasteiger partial charge in [-0.3, -0.25) is 4.90 Å². The molecule has 24 heavy (non-hydrogen) atoms. The number of aromatic nitrogens is 1. The fourth-order valence-electron chi connectivity index (χ4n) is 3.14. The highest BCUT2D eigenvalue weighted by Crippen LogP contribution is 2.14. The minimum Gasteiger partial charge on any atom is -0.411 e. The number of nitrogens with zero attached hydrogens (tertiary/aromatic N) is 4. The van der Waals surface area contributed by atoms with Gasteiger partial charge in [-0.1, -0.05) is 35.5 Å². The van der Waals surface area contributed by atoms with Crippen LogP contribution in [0.3, 0.4) is 0 Å². The Morgan fingerprint density at radius 3 is 2.50 bits per heavy atom. The van der Waals surface area contributed by atoms with E-state index in [0.717, 1.165) is 61.8 Å². The molecule has 3 rings (SSSR count). The van der Waals surface area contributed by atoms with Crippen LogP contribution in [0, 0.1) is 6.92 Å². The minimum absolute atomic E-state index is 0.755. The summed E-state index contributed by atoms with van der Waals surface area (Å²) in [6.07, 6.45) is 2.60. The molecule has 126 valence electrons. The zero-order valence-corrected chi connectivity index (χ0v) is 14.1. The lowest BCUT2D eigenvalue weighted by atomic mass is 10.0. The van der Waals surface area contributed by atoms with Gasteiger partial charge in [-0.05, 0) is 24.6 Å². The van der Waals surface area contributed by atoms with E-state index < -0.39 is 0 Å². The van der Waals surface area contributed by atoms with Crippen LogP contribution >= 0.6 is 0 Å². The topological polar surface area (TPSA) is 52.0 Å². The Labute approximate surface area is 143 Å². The van der Waals surface area contributed by atoms with Crippen molar-refractivity contribution in [2.75, 3.05) is 37.6 Å². The summed E-state index contributed by atoms with van der Waals surface area (Å²) < 4.78 is 0. The van der Waals surface area contributed by atoms with Gasteiger partial charge in [0, 0.05) is 50.9 Å². The summed E-state index contributed by atoms with van der Waals surface area (Å²) in [5.41, 5.74) is 2.94. The molecule has 0 saturated carbocycles. The zero-order valence-electron chi connectivity index (χ0n) is 14.1. The van der Waals surface area contributed by atoms with Gasteiger partial charge in [-0.25, -0.2) is 4.98 Å². The second-order valence-corrected chi connectivity index (χ2v) is 6.13. The van der Waals surface area contributed by atoms with Crippen molar-refractivity contribution >= 4 is 11.5 Å². The number of pyridine rings is 1. The summed E-state index contributed by atoms with van der Waals surface area (Å²) in [5, 5.41) is 12.9. The number of aryl methyl sites for hydroxylation is 1. The molecule has 5 heteroatoms. The fraction of sp³-hybridized carbons (Fsp3) is 0.368. The Morgan fingerprint density at radius 1 is 1.08 bits per heavy atom. The molecule has 2 heterocycles. The van der Waals surface area contributed by atoms with Crippen LogP contribution in [0.1, 0.15) is 17.5 Å². The molecule has 0 aliphatic carbocycles. The number of hydrogen-bond acceptors (Lipinski definition) is 5. The average Bonchev–Trinajstić information content (AvgIpc) is 2.65. The molecule has 1 aliphatic rings. The molecule has 0 amide bonds. The first kappa shape index (κ1) is 16.5. The third-order valence-electron chi connectivity index (χ3n) is 4.59. The van der Waals surface area contributed by atoms with E-state index in [0.29, 0.717) is 0 Å². The summed E-state index contributed by atoms with van der Waals surface area (Å²) in [6, 6.07) is 14.1. The van der Waals surface area contributed by atoms with Crippen LogP contribution in [0.5, 0.6) is 0 Å². The minimum atomic E-state index is 0.755. The summed E-state index contributed by atoms with van der Waals surface area (Å²) in [5.74, 6) is 1.05. The number of anilines is 1. The van der Waals surface area contributed by atoms with E-state index in [4.69, 9.17) is 0 Å². The van der Waals surface area contributed by atoms with Crippen molar-refractivity contribution in [3.8, 4) is 0 Å². The lowest BCUT2D eigenvalue weighted by molar-refractivity contribution is 0.262. The predicted octanol–water partition coefficient (Wildman–Crippen LogP) is 2.78. The van der Waals surface area contributed by atoms with E-state index in [1.807, 2.05) is 49.5 Å². The summed E-state index contributed by atoms with van der Waals surface area (Å²) >= 11 is 0. The van der Waals surface area contributed by atoms with Crippen molar-refractivity contribution in [1.82, 2.24) is 9.88 Å². The van der Waals surface area contributed by atoms with Gasteiger partial charge < -0.3 is 10.1 Å². The molecule has 1 fully saturated rings. The van der Waals surface area contributed by atoms with E-state index in [-0.39, 0.29) is 0 Å². The van der Waals surface area contributed by atoms with E-state index in [9.17, 15) is 5.21 Å². The lowest BCUT2D eigenvalue weighted by Crippen LogP contribution is -2.47. The maximum atomic E-state index is 9.38. The van der Waals surface area contributed by atoms with Crippen LogP contribution in [0.25, 0.3) is 0 Å². The monoisotopic (exact) mass is 324 g/mol. The highest BCUT2D eigenvalue weighted by atomic mass is 16.4. The van der Waals surface area contributed by atoms with Crippen LogP contribution in [-0.4, -0.2) is 53.5 Å². The predicted molar refractivity (Wildman–Crippen MR) is 97.0 cm³/mol. The van der Waals surface area contributed by atoms with Gasteiger partial charge in [0.1, 0.15) is 5.82 Å². The first-order valence-electron chi connectivity index (χ1n) is 8.43. The van der Waals surface area contributed by atoms with Crippen molar-refractivity contribution in [3.05, 3.63) is 59.8 Å². The van der Waals surface area contributed by atoms with Crippen molar-refractivity contribution in [2.45, 2.75) is 13.3 Å². The standard InChI is InChI=1S/C19H24N4O/c1-16-6-2-3-7-17(16)18(21-24)9-11-22-12-14-23(15-13-22)19-8-4-5-10-20-19/h2-8,10,24H,9,11-15H2,1H3/b21-18-. The third kappa shape index (κ3) is 3.92. The normalized spacial score (nSPS) is 16.4. The van der Waals surface area contributed by atoms with Gasteiger partial charge in [0.05, 0.1) is 5.71 Å². The summed E-state index contributed by atoms with van der Waals surface area (Å²) in [6.45, 7) is 6.92. The molecular formula is C19H24N4O. The molecule has 1 aromatic carbocycles. The second-order valence-electron chi connectivity index (χ2n) is 6.13. The van der Waals surface area contributed by atoms with Crippen LogP contribution in [-0.2, 0) is 0 Å². The van der Waals surface area contributed by atoms with E-state index in [1.165, 1.54) is 0 Å². The van der Waals surface area contributed by atoms with Gasteiger partial charge in [-0.15, -0.1) is 0 Å². The molecule has 0 radical (unpaired) electrons. The average molecular weight is 324 g/mol. The molecule has 0 unspecified atom stereocenters. The van der Waals surface area contributed by atoms with Crippen LogP contribution in [0.2, 0.25) is 0 Å². The van der Waals surface area contributed by atoms with Gasteiger partial charge in [0.25, 0.3) is 0 Å². The summed E-state index contributed by atoms with van der Waals surface area (Å²) in [4.78, 5) is 9.16. The number of piperazine rings is 1. The van der Waals surface area contributed by atoms with Gasteiger partial charge >= 0.3 is 0 Å². The Morgan fingerprint density at radius 2 is 1.83 bits per heavy atom. The van der Waals surface area contributed by atoms with Gasteiger partial charge in [-0.2, -0.15) is 0 Å². The highest BCUT2D eigenvalue weighted by Gasteiger charge is 2.18. The SMILES string of the molecule is Cc1ccccc1/C(CCN1CCN(c2ccccn2)CC1)=N\O. The molecule has 1 saturated heterocycles. The first-order chi connectivity index (χ1) is 11.8. The number of oxime groups is 1. The van der Waals surface area contributed by atoms with Crippen LogP contribution in [0.4, 0.5) is 5.82 Å².